The van der Waals surface area contributed by atoms with Gasteiger partial charge < -0.3 is 4.90 Å². The van der Waals surface area contributed by atoms with Gasteiger partial charge in [0, 0.05) is 21.5 Å². The van der Waals surface area contributed by atoms with Crippen LogP contribution in [0.3, 0.4) is 0 Å². The van der Waals surface area contributed by atoms with Crippen LogP contribution in [0.5, 0.6) is 0 Å². The van der Waals surface area contributed by atoms with Crippen molar-refractivity contribution < 1.29 is 4.79 Å². The Hall–Kier alpha value is -1.13. The van der Waals surface area contributed by atoms with Crippen molar-refractivity contribution >= 4 is 38.9 Å². The highest BCUT2D eigenvalue weighted by molar-refractivity contribution is 9.10. The number of halogens is 1. The molecule has 0 saturated carbocycles. The fourth-order valence-corrected chi connectivity index (χ4v) is 3.72. The third-order valence-corrected chi connectivity index (χ3v) is 5.10. The fraction of sp³-hybridized carbons (Fsp3) is 0.214. The van der Waals surface area contributed by atoms with E-state index in [0.29, 0.717) is 13.0 Å². The molecule has 1 aliphatic rings. The van der Waals surface area contributed by atoms with Crippen molar-refractivity contribution in [2.45, 2.75) is 19.4 Å². The maximum Gasteiger partial charge on any atom is 0.227 e. The summed E-state index contributed by atoms with van der Waals surface area (Å²) in [5.41, 5.74) is 2.33. The Morgan fingerprint density at radius 1 is 1.22 bits per heavy atom. The van der Waals surface area contributed by atoms with E-state index < -0.39 is 0 Å². The van der Waals surface area contributed by atoms with Gasteiger partial charge in [0.15, 0.2) is 0 Å². The van der Waals surface area contributed by atoms with E-state index in [1.54, 1.807) is 11.3 Å². The Morgan fingerprint density at radius 2 is 2.06 bits per heavy atom. The highest BCUT2D eigenvalue weighted by Gasteiger charge is 2.24. The summed E-state index contributed by atoms with van der Waals surface area (Å²) in [6.07, 6.45) is 1.47. The van der Waals surface area contributed by atoms with Gasteiger partial charge in [-0.25, -0.2) is 0 Å². The van der Waals surface area contributed by atoms with Crippen LogP contribution in [0.2, 0.25) is 0 Å². The predicted octanol–water partition coefficient (Wildman–Crippen LogP) is 3.99. The molecule has 1 aliphatic heterocycles. The predicted molar refractivity (Wildman–Crippen MR) is 78.0 cm³/mol. The molecule has 0 aliphatic carbocycles. The first-order chi connectivity index (χ1) is 8.75. The first-order valence-electron chi connectivity index (χ1n) is 5.86. The van der Waals surface area contributed by atoms with Crippen molar-refractivity contribution in [2.75, 3.05) is 4.90 Å². The first kappa shape index (κ1) is 11.9. The molecule has 0 fully saturated rings. The Balaban J connectivity index is 1.96. The van der Waals surface area contributed by atoms with Gasteiger partial charge in [-0.2, -0.15) is 0 Å². The zero-order chi connectivity index (χ0) is 12.5. The lowest BCUT2D eigenvalue weighted by atomic mass is 10.0. The van der Waals surface area contributed by atoms with Crippen LogP contribution < -0.4 is 4.90 Å². The largest absolute Gasteiger partial charge is 0.307 e. The third-order valence-electron chi connectivity index (χ3n) is 3.18. The molecule has 92 valence electrons. The van der Waals surface area contributed by atoms with E-state index in [4.69, 9.17) is 0 Å². The van der Waals surface area contributed by atoms with Crippen LogP contribution >= 0.6 is 27.3 Å². The molecule has 1 amide bonds. The minimum absolute atomic E-state index is 0.217. The number of hydrogen-bond acceptors (Lipinski definition) is 2. The lowest BCUT2D eigenvalue weighted by molar-refractivity contribution is -0.119. The first-order valence-corrected chi connectivity index (χ1v) is 7.53. The molecule has 0 bridgehead atoms. The van der Waals surface area contributed by atoms with Crippen LogP contribution in [0.1, 0.15) is 16.9 Å². The van der Waals surface area contributed by atoms with Gasteiger partial charge in [-0.15, -0.1) is 11.3 Å². The standard InChI is InChI=1S/C14H12BrNOS/c15-11-7-8-18-13(11)9-16-12-4-2-1-3-10(12)5-6-14(16)17/h1-4,7-8H,5-6,9H2. The van der Waals surface area contributed by atoms with Crippen molar-refractivity contribution in [2.24, 2.45) is 0 Å². The Bertz CT molecular complexity index is 593. The van der Waals surface area contributed by atoms with E-state index in [1.165, 1.54) is 10.4 Å². The molecule has 1 aromatic heterocycles. The van der Waals surface area contributed by atoms with Gasteiger partial charge in [-0.1, -0.05) is 18.2 Å². The topological polar surface area (TPSA) is 20.3 Å². The molecular formula is C14H12BrNOS. The zero-order valence-electron chi connectivity index (χ0n) is 9.73. The second kappa shape index (κ2) is 4.86. The SMILES string of the molecule is O=C1CCc2ccccc2N1Cc1sccc1Br. The van der Waals surface area contributed by atoms with Crippen molar-refractivity contribution in [3.05, 3.63) is 50.6 Å². The average Bonchev–Trinajstić information content (AvgIpc) is 2.79. The van der Waals surface area contributed by atoms with Crippen LogP contribution in [0.25, 0.3) is 0 Å². The molecule has 1 aromatic carbocycles. The number of hydrogen-bond donors (Lipinski definition) is 0. The van der Waals surface area contributed by atoms with E-state index in [-0.39, 0.29) is 5.91 Å². The van der Waals surface area contributed by atoms with E-state index >= 15 is 0 Å². The third kappa shape index (κ3) is 2.10. The molecule has 0 N–H and O–H groups in total. The molecule has 18 heavy (non-hydrogen) atoms. The second-order valence-corrected chi connectivity index (χ2v) is 6.16. The fourth-order valence-electron chi connectivity index (χ4n) is 2.25. The lowest BCUT2D eigenvalue weighted by Gasteiger charge is -2.29. The van der Waals surface area contributed by atoms with Crippen LogP contribution in [-0.2, 0) is 17.8 Å². The monoisotopic (exact) mass is 321 g/mol. The van der Waals surface area contributed by atoms with Crippen LogP contribution in [-0.4, -0.2) is 5.91 Å². The molecule has 4 heteroatoms. The second-order valence-electron chi connectivity index (χ2n) is 4.30. The zero-order valence-corrected chi connectivity index (χ0v) is 12.1. The van der Waals surface area contributed by atoms with Gasteiger partial charge in [0.25, 0.3) is 0 Å². The van der Waals surface area contributed by atoms with Gasteiger partial charge in [-0.3, -0.25) is 4.79 Å². The maximum atomic E-state index is 12.1. The van der Waals surface area contributed by atoms with Gasteiger partial charge in [0.1, 0.15) is 0 Å². The molecule has 0 spiro atoms. The minimum Gasteiger partial charge on any atom is -0.307 e. The highest BCUT2D eigenvalue weighted by Crippen LogP contribution is 2.32. The summed E-state index contributed by atoms with van der Waals surface area (Å²) in [5, 5.41) is 2.04. The summed E-state index contributed by atoms with van der Waals surface area (Å²) in [5.74, 6) is 0.217. The quantitative estimate of drug-likeness (QED) is 0.819. The molecule has 0 unspecified atom stereocenters. The number of benzene rings is 1. The van der Waals surface area contributed by atoms with Gasteiger partial charge in [0.05, 0.1) is 6.54 Å². The summed E-state index contributed by atoms with van der Waals surface area (Å²) in [7, 11) is 0. The van der Waals surface area contributed by atoms with Crippen LogP contribution in [0.4, 0.5) is 5.69 Å². The normalized spacial score (nSPS) is 14.7. The van der Waals surface area contributed by atoms with Gasteiger partial charge in [-0.05, 0) is 45.4 Å². The van der Waals surface area contributed by atoms with E-state index in [9.17, 15) is 4.79 Å². The van der Waals surface area contributed by atoms with E-state index in [0.717, 1.165) is 16.6 Å². The molecule has 0 radical (unpaired) electrons. The Kier molecular flexibility index (Phi) is 3.22. The van der Waals surface area contributed by atoms with Crippen molar-refractivity contribution in [1.29, 1.82) is 0 Å². The molecule has 3 rings (SSSR count). The number of amides is 1. The molecule has 0 saturated heterocycles. The number of rotatable bonds is 2. The number of anilines is 1. The smallest absolute Gasteiger partial charge is 0.227 e. The number of aryl methyl sites for hydroxylation is 1. The van der Waals surface area contributed by atoms with Crippen molar-refractivity contribution in [3.8, 4) is 0 Å². The highest BCUT2D eigenvalue weighted by atomic mass is 79.9. The van der Waals surface area contributed by atoms with E-state index in [1.807, 2.05) is 34.5 Å². The lowest BCUT2D eigenvalue weighted by Crippen LogP contribution is -2.34. The Morgan fingerprint density at radius 3 is 2.83 bits per heavy atom. The summed E-state index contributed by atoms with van der Waals surface area (Å²) in [6.45, 7) is 0.661. The maximum absolute atomic E-state index is 12.1. The molecule has 2 nitrogen and oxygen atoms in total. The number of thiophene rings is 1. The van der Waals surface area contributed by atoms with Gasteiger partial charge in [0.2, 0.25) is 5.91 Å². The number of fused-ring (bicyclic) bond motifs is 1. The molecular weight excluding hydrogens is 310 g/mol. The van der Waals surface area contributed by atoms with Crippen molar-refractivity contribution in [3.63, 3.8) is 0 Å². The molecule has 0 atom stereocenters. The van der Waals surface area contributed by atoms with Crippen molar-refractivity contribution in [1.82, 2.24) is 0 Å². The van der Waals surface area contributed by atoms with Gasteiger partial charge >= 0.3 is 0 Å². The molecule has 2 heterocycles. The summed E-state index contributed by atoms with van der Waals surface area (Å²) < 4.78 is 1.09. The Labute approximate surface area is 118 Å². The summed E-state index contributed by atoms with van der Waals surface area (Å²) >= 11 is 5.20. The average molecular weight is 322 g/mol. The number of para-hydroxylation sites is 1. The number of carbonyl (C=O) groups is 1. The number of nitrogens with zero attached hydrogens (tertiary/aromatic N) is 1. The number of carbonyl (C=O) groups excluding carboxylic acids is 1. The summed E-state index contributed by atoms with van der Waals surface area (Å²) in [6, 6.07) is 10.2. The van der Waals surface area contributed by atoms with Crippen LogP contribution in [0.15, 0.2) is 40.2 Å². The minimum atomic E-state index is 0.217. The van der Waals surface area contributed by atoms with Crippen LogP contribution in [0, 0.1) is 0 Å². The summed E-state index contributed by atoms with van der Waals surface area (Å²) in [4.78, 5) is 15.2. The van der Waals surface area contributed by atoms with E-state index in [2.05, 4.69) is 22.0 Å². The molecule has 2 aromatic rings.